The summed E-state index contributed by atoms with van der Waals surface area (Å²) in [5, 5.41) is 8.82. The molecule has 1 saturated heterocycles. The number of hydrogen-bond donors (Lipinski definition) is 1. The van der Waals surface area contributed by atoms with E-state index >= 15 is 0 Å². The van der Waals surface area contributed by atoms with Crippen LogP contribution in [-0.4, -0.2) is 22.4 Å². The average molecular weight is 290 g/mol. The summed E-state index contributed by atoms with van der Waals surface area (Å²) in [4.78, 5) is 0. The van der Waals surface area contributed by atoms with Gasteiger partial charge in [-0.15, -0.1) is 0 Å². The number of nitrogens with zero attached hydrogens (tertiary/aromatic N) is 2. The molecule has 0 spiro atoms. The molecule has 1 aliphatic rings. The van der Waals surface area contributed by atoms with Crippen LogP contribution in [0.3, 0.4) is 0 Å². The number of halogens is 1. The number of aryl methyl sites for hydroxylation is 1. The lowest BCUT2D eigenvalue weighted by atomic mass is 9.97. The number of piperidine rings is 1. The molecule has 0 aliphatic carbocycles. The topological polar surface area (TPSA) is 29.9 Å². The van der Waals surface area contributed by atoms with Gasteiger partial charge >= 0.3 is 0 Å². The summed E-state index contributed by atoms with van der Waals surface area (Å²) in [6.45, 7) is 1.13. The molecule has 0 saturated carbocycles. The Kier molecular flexibility index (Phi) is 4.08. The molecule has 1 aromatic carbocycles. The van der Waals surface area contributed by atoms with Crippen LogP contribution in [0.1, 0.15) is 25.0 Å². The van der Waals surface area contributed by atoms with Crippen LogP contribution in [0.4, 0.5) is 0 Å². The first-order valence-electron chi connectivity index (χ1n) is 7.25. The molecule has 20 heavy (non-hydrogen) atoms. The van der Waals surface area contributed by atoms with Crippen LogP contribution >= 0.6 is 11.6 Å². The van der Waals surface area contributed by atoms with Gasteiger partial charge < -0.3 is 5.32 Å². The van der Waals surface area contributed by atoms with Crippen molar-refractivity contribution in [1.82, 2.24) is 15.1 Å². The summed E-state index contributed by atoms with van der Waals surface area (Å²) >= 11 is 6.33. The van der Waals surface area contributed by atoms with Gasteiger partial charge in [0.2, 0.25) is 0 Å². The van der Waals surface area contributed by atoms with Crippen LogP contribution in [0, 0.1) is 0 Å². The summed E-state index contributed by atoms with van der Waals surface area (Å²) in [5.74, 6) is 0. The first kappa shape index (κ1) is 13.7. The SMILES string of the molecule is Cn1ncc(-c2ccccc2Cl)c1CC1CCCCN1. The second kappa shape index (κ2) is 5.98. The van der Waals surface area contributed by atoms with Gasteiger partial charge in [0.05, 0.1) is 6.20 Å². The smallest absolute Gasteiger partial charge is 0.0571 e. The first-order valence-corrected chi connectivity index (χ1v) is 7.62. The van der Waals surface area contributed by atoms with Crippen LogP contribution in [0.5, 0.6) is 0 Å². The Bertz CT molecular complexity index is 585. The second-order valence-corrected chi connectivity index (χ2v) is 5.87. The molecular formula is C16H20ClN3. The highest BCUT2D eigenvalue weighted by Gasteiger charge is 2.19. The minimum Gasteiger partial charge on any atom is -0.314 e. The Balaban J connectivity index is 1.91. The van der Waals surface area contributed by atoms with E-state index in [0.717, 1.165) is 29.1 Å². The zero-order valence-electron chi connectivity index (χ0n) is 11.8. The fraction of sp³-hybridized carbons (Fsp3) is 0.438. The van der Waals surface area contributed by atoms with E-state index in [9.17, 15) is 0 Å². The molecule has 1 unspecified atom stereocenters. The molecule has 2 aromatic rings. The molecule has 4 heteroatoms. The maximum atomic E-state index is 6.33. The fourth-order valence-corrected chi connectivity index (χ4v) is 3.18. The van der Waals surface area contributed by atoms with Crippen molar-refractivity contribution in [2.45, 2.75) is 31.7 Å². The highest BCUT2D eigenvalue weighted by molar-refractivity contribution is 6.33. The third-order valence-corrected chi connectivity index (χ3v) is 4.41. The van der Waals surface area contributed by atoms with Gasteiger partial charge in [0.1, 0.15) is 0 Å². The lowest BCUT2D eigenvalue weighted by molar-refractivity contribution is 0.393. The van der Waals surface area contributed by atoms with Crippen LogP contribution in [0.2, 0.25) is 5.02 Å². The summed E-state index contributed by atoms with van der Waals surface area (Å²) in [6, 6.07) is 8.55. The van der Waals surface area contributed by atoms with Crippen molar-refractivity contribution in [3.05, 3.63) is 41.2 Å². The average Bonchev–Trinajstić information content (AvgIpc) is 2.82. The van der Waals surface area contributed by atoms with E-state index in [4.69, 9.17) is 11.6 Å². The van der Waals surface area contributed by atoms with Crippen LogP contribution in [0.15, 0.2) is 30.5 Å². The molecule has 0 amide bonds. The van der Waals surface area contributed by atoms with Crippen LogP contribution < -0.4 is 5.32 Å². The number of aromatic nitrogens is 2. The van der Waals surface area contributed by atoms with E-state index < -0.39 is 0 Å². The summed E-state index contributed by atoms with van der Waals surface area (Å²) < 4.78 is 1.98. The van der Waals surface area contributed by atoms with Gasteiger partial charge in [-0.25, -0.2) is 0 Å². The molecule has 106 valence electrons. The largest absolute Gasteiger partial charge is 0.314 e. The fourth-order valence-electron chi connectivity index (χ4n) is 2.94. The Morgan fingerprint density at radius 1 is 1.30 bits per heavy atom. The van der Waals surface area contributed by atoms with Crippen LogP contribution in [0.25, 0.3) is 11.1 Å². The number of rotatable bonds is 3. The molecular weight excluding hydrogens is 270 g/mol. The Labute approximate surface area is 124 Å². The lowest BCUT2D eigenvalue weighted by Crippen LogP contribution is -2.36. The van der Waals surface area contributed by atoms with Crippen molar-refractivity contribution in [2.75, 3.05) is 6.54 Å². The van der Waals surface area contributed by atoms with Crippen molar-refractivity contribution >= 4 is 11.6 Å². The van der Waals surface area contributed by atoms with Crippen LogP contribution in [-0.2, 0) is 13.5 Å². The summed E-state index contributed by atoms with van der Waals surface area (Å²) in [5.41, 5.74) is 3.50. The molecule has 0 bridgehead atoms. The van der Waals surface area contributed by atoms with E-state index in [-0.39, 0.29) is 0 Å². The lowest BCUT2D eigenvalue weighted by Gasteiger charge is -2.24. The van der Waals surface area contributed by atoms with Crippen molar-refractivity contribution in [3.8, 4) is 11.1 Å². The predicted molar refractivity (Wildman–Crippen MR) is 83.0 cm³/mol. The second-order valence-electron chi connectivity index (χ2n) is 5.46. The maximum absolute atomic E-state index is 6.33. The van der Waals surface area contributed by atoms with Gasteiger partial charge in [-0.3, -0.25) is 4.68 Å². The van der Waals surface area contributed by atoms with Gasteiger partial charge in [-0.1, -0.05) is 36.2 Å². The molecule has 3 nitrogen and oxygen atoms in total. The molecule has 1 aliphatic heterocycles. The van der Waals surface area contributed by atoms with Crippen molar-refractivity contribution in [3.63, 3.8) is 0 Å². The minimum absolute atomic E-state index is 0.556. The molecule has 3 rings (SSSR count). The summed E-state index contributed by atoms with van der Waals surface area (Å²) in [7, 11) is 2.01. The Hall–Kier alpha value is -1.32. The maximum Gasteiger partial charge on any atom is 0.0571 e. The van der Waals surface area contributed by atoms with E-state index in [1.54, 1.807) is 0 Å². The zero-order valence-corrected chi connectivity index (χ0v) is 12.5. The summed E-state index contributed by atoms with van der Waals surface area (Å²) in [6.07, 6.45) is 6.79. The molecule has 1 N–H and O–H groups in total. The van der Waals surface area contributed by atoms with E-state index in [2.05, 4.69) is 16.5 Å². The number of benzene rings is 1. The molecule has 0 radical (unpaired) electrons. The van der Waals surface area contributed by atoms with E-state index in [1.807, 2.05) is 36.1 Å². The molecule has 2 heterocycles. The quantitative estimate of drug-likeness (QED) is 0.938. The van der Waals surface area contributed by atoms with Gasteiger partial charge in [0.15, 0.2) is 0 Å². The Morgan fingerprint density at radius 3 is 2.90 bits per heavy atom. The van der Waals surface area contributed by atoms with Gasteiger partial charge in [0.25, 0.3) is 0 Å². The Morgan fingerprint density at radius 2 is 2.15 bits per heavy atom. The minimum atomic E-state index is 0.556. The van der Waals surface area contributed by atoms with Gasteiger partial charge in [-0.2, -0.15) is 5.10 Å². The first-order chi connectivity index (χ1) is 9.75. The monoisotopic (exact) mass is 289 g/mol. The van der Waals surface area contributed by atoms with Crippen molar-refractivity contribution < 1.29 is 0 Å². The third kappa shape index (κ3) is 2.74. The van der Waals surface area contributed by atoms with Gasteiger partial charge in [0, 0.05) is 41.4 Å². The molecule has 1 atom stereocenters. The number of hydrogen-bond acceptors (Lipinski definition) is 2. The van der Waals surface area contributed by atoms with Crippen molar-refractivity contribution in [2.24, 2.45) is 7.05 Å². The standard InChI is InChI=1S/C16H20ClN3/c1-20-16(10-12-6-4-5-9-18-12)14(11-19-20)13-7-2-3-8-15(13)17/h2-3,7-8,11-12,18H,4-6,9-10H2,1H3. The van der Waals surface area contributed by atoms with E-state index in [0.29, 0.717) is 6.04 Å². The zero-order chi connectivity index (χ0) is 13.9. The molecule has 1 fully saturated rings. The van der Waals surface area contributed by atoms with Gasteiger partial charge in [-0.05, 0) is 25.5 Å². The molecule has 1 aromatic heterocycles. The van der Waals surface area contributed by atoms with Crippen molar-refractivity contribution in [1.29, 1.82) is 0 Å². The number of nitrogens with one attached hydrogen (secondary N) is 1. The highest BCUT2D eigenvalue weighted by Crippen LogP contribution is 2.31. The predicted octanol–water partition coefficient (Wildman–Crippen LogP) is 3.43. The van der Waals surface area contributed by atoms with E-state index in [1.165, 1.54) is 25.0 Å². The normalized spacial score (nSPS) is 19.2. The third-order valence-electron chi connectivity index (χ3n) is 4.08. The highest BCUT2D eigenvalue weighted by atomic mass is 35.5.